The molecule has 0 saturated heterocycles. The SMILES string of the molecule is CN(C)C(CNC(=O)CSc1nc2cc(Cl)ccc2s1)c1ccccc1. The third kappa shape index (κ3) is 4.98. The van der Waals surface area contributed by atoms with Gasteiger partial charge in [-0.15, -0.1) is 11.3 Å². The van der Waals surface area contributed by atoms with E-state index in [0.717, 1.165) is 14.6 Å². The Bertz CT molecular complexity index is 883. The maximum absolute atomic E-state index is 12.2. The Morgan fingerprint density at radius 1 is 1.27 bits per heavy atom. The number of benzene rings is 2. The smallest absolute Gasteiger partial charge is 0.230 e. The van der Waals surface area contributed by atoms with Crippen molar-refractivity contribution in [1.82, 2.24) is 15.2 Å². The summed E-state index contributed by atoms with van der Waals surface area (Å²) in [5, 5.41) is 3.70. The second-order valence-corrected chi connectivity index (χ2v) is 8.76. The largest absolute Gasteiger partial charge is 0.353 e. The predicted molar refractivity (Wildman–Crippen MR) is 111 cm³/mol. The molecule has 136 valence electrons. The molecule has 3 aromatic rings. The molecule has 1 aromatic heterocycles. The minimum atomic E-state index is 0.00932. The Labute approximate surface area is 166 Å². The number of carbonyl (C=O) groups excluding carboxylic acids is 1. The summed E-state index contributed by atoms with van der Waals surface area (Å²) in [7, 11) is 4.04. The Balaban J connectivity index is 1.54. The third-order valence-electron chi connectivity index (χ3n) is 3.96. The molecule has 3 rings (SSSR count). The summed E-state index contributed by atoms with van der Waals surface area (Å²) in [6, 6.07) is 16.0. The molecule has 0 aliphatic rings. The van der Waals surface area contributed by atoms with Crippen molar-refractivity contribution in [2.75, 3.05) is 26.4 Å². The number of nitrogens with one attached hydrogen (secondary N) is 1. The zero-order valence-corrected chi connectivity index (χ0v) is 17.0. The molecule has 0 fully saturated rings. The summed E-state index contributed by atoms with van der Waals surface area (Å²) < 4.78 is 1.96. The van der Waals surface area contributed by atoms with Crippen molar-refractivity contribution in [3.05, 3.63) is 59.1 Å². The monoisotopic (exact) mass is 405 g/mol. The van der Waals surface area contributed by atoms with Gasteiger partial charge in [0.2, 0.25) is 5.91 Å². The first-order valence-electron chi connectivity index (χ1n) is 8.20. The first kappa shape index (κ1) is 19.2. The highest BCUT2D eigenvalue weighted by Crippen LogP contribution is 2.30. The van der Waals surface area contributed by atoms with Crippen molar-refractivity contribution in [1.29, 1.82) is 0 Å². The molecule has 26 heavy (non-hydrogen) atoms. The maximum atomic E-state index is 12.2. The fraction of sp³-hybridized carbons (Fsp3) is 0.263. The first-order chi connectivity index (χ1) is 12.5. The summed E-state index contributed by atoms with van der Waals surface area (Å²) in [5.41, 5.74) is 2.07. The molecule has 7 heteroatoms. The molecule has 1 heterocycles. The number of aromatic nitrogens is 1. The summed E-state index contributed by atoms with van der Waals surface area (Å²) in [5.74, 6) is 0.359. The van der Waals surface area contributed by atoms with Gasteiger partial charge in [-0.2, -0.15) is 0 Å². The second-order valence-electron chi connectivity index (χ2n) is 6.07. The van der Waals surface area contributed by atoms with Gasteiger partial charge in [0.1, 0.15) is 0 Å². The van der Waals surface area contributed by atoms with E-state index < -0.39 is 0 Å². The summed E-state index contributed by atoms with van der Waals surface area (Å²) >= 11 is 9.03. The number of hydrogen-bond acceptors (Lipinski definition) is 5. The van der Waals surface area contributed by atoms with Crippen LogP contribution in [-0.4, -0.2) is 42.2 Å². The zero-order valence-electron chi connectivity index (χ0n) is 14.6. The van der Waals surface area contributed by atoms with E-state index >= 15 is 0 Å². The van der Waals surface area contributed by atoms with Crippen molar-refractivity contribution in [3.8, 4) is 0 Å². The topological polar surface area (TPSA) is 45.2 Å². The van der Waals surface area contributed by atoms with Gasteiger partial charge in [-0.1, -0.05) is 53.7 Å². The maximum Gasteiger partial charge on any atom is 0.230 e. The number of fused-ring (bicyclic) bond motifs is 1. The van der Waals surface area contributed by atoms with Gasteiger partial charge in [0.15, 0.2) is 4.34 Å². The lowest BCUT2D eigenvalue weighted by Gasteiger charge is -2.25. The van der Waals surface area contributed by atoms with Crippen LogP contribution in [0.1, 0.15) is 11.6 Å². The van der Waals surface area contributed by atoms with Crippen molar-refractivity contribution < 1.29 is 4.79 Å². The van der Waals surface area contributed by atoms with E-state index in [1.165, 1.54) is 17.3 Å². The number of halogens is 1. The van der Waals surface area contributed by atoms with Gasteiger partial charge in [0.05, 0.1) is 22.0 Å². The van der Waals surface area contributed by atoms with Gasteiger partial charge in [-0.05, 0) is 37.9 Å². The van der Waals surface area contributed by atoms with E-state index in [2.05, 4.69) is 27.3 Å². The molecular formula is C19H20ClN3OS2. The van der Waals surface area contributed by atoms with Crippen LogP contribution in [0.4, 0.5) is 0 Å². The molecule has 1 atom stereocenters. The number of thiazole rings is 1. The number of nitrogens with zero attached hydrogens (tertiary/aromatic N) is 2. The lowest BCUT2D eigenvalue weighted by Crippen LogP contribution is -2.35. The fourth-order valence-corrected chi connectivity index (χ4v) is 4.65. The van der Waals surface area contributed by atoms with E-state index in [1.54, 1.807) is 11.3 Å². The number of hydrogen-bond donors (Lipinski definition) is 1. The highest BCUT2D eigenvalue weighted by atomic mass is 35.5. The number of amides is 1. The Kier molecular flexibility index (Phi) is 6.53. The van der Waals surface area contributed by atoms with Gasteiger partial charge in [-0.3, -0.25) is 4.79 Å². The summed E-state index contributed by atoms with van der Waals surface area (Å²) in [6.07, 6.45) is 0. The van der Waals surface area contributed by atoms with Crippen molar-refractivity contribution in [3.63, 3.8) is 0 Å². The molecule has 0 bridgehead atoms. The van der Waals surface area contributed by atoms with Crippen LogP contribution < -0.4 is 5.32 Å². The average Bonchev–Trinajstić information content (AvgIpc) is 3.02. The summed E-state index contributed by atoms with van der Waals surface area (Å²) in [4.78, 5) is 18.9. The summed E-state index contributed by atoms with van der Waals surface area (Å²) in [6.45, 7) is 0.575. The molecule has 0 spiro atoms. The van der Waals surface area contributed by atoms with E-state index in [-0.39, 0.29) is 11.9 Å². The number of rotatable bonds is 7. The Morgan fingerprint density at radius 3 is 2.77 bits per heavy atom. The highest BCUT2D eigenvalue weighted by Gasteiger charge is 2.15. The van der Waals surface area contributed by atoms with Crippen molar-refractivity contribution in [2.45, 2.75) is 10.4 Å². The molecule has 0 aliphatic heterocycles. The van der Waals surface area contributed by atoms with Crippen molar-refractivity contribution in [2.24, 2.45) is 0 Å². The molecule has 1 unspecified atom stereocenters. The van der Waals surface area contributed by atoms with Gasteiger partial charge in [-0.25, -0.2) is 4.98 Å². The van der Waals surface area contributed by atoms with E-state index in [9.17, 15) is 4.79 Å². The molecular weight excluding hydrogens is 386 g/mol. The van der Waals surface area contributed by atoms with Crippen LogP contribution in [0, 0.1) is 0 Å². The molecule has 1 N–H and O–H groups in total. The van der Waals surface area contributed by atoms with E-state index in [4.69, 9.17) is 11.6 Å². The van der Waals surface area contributed by atoms with Crippen LogP contribution >= 0.6 is 34.7 Å². The molecule has 4 nitrogen and oxygen atoms in total. The molecule has 0 radical (unpaired) electrons. The Hall–Kier alpha value is -1.60. The molecule has 0 aliphatic carbocycles. The third-order valence-corrected chi connectivity index (χ3v) is 6.37. The second kappa shape index (κ2) is 8.86. The number of carbonyl (C=O) groups is 1. The van der Waals surface area contributed by atoms with Crippen LogP contribution in [0.2, 0.25) is 5.02 Å². The van der Waals surface area contributed by atoms with Gasteiger partial charge < -0.3 is 10.2 Å². The Morgan fingerprint density at radius 2 is 2.04 bits per heavy atom. The lowest BCUT2D eigenvalue weighted by atomic mass is 10.1. The predicted octanol–water partition coefficient (Wildman–Crippen LogP) is 4.46. The standard InChI is InChI=1S/C19H20ClN3OS2/c1-23(2)16(13-6-4-3-5-7-13)11-21-18(24)12-25-19-22-15-10-14(20)8-9-17(15)26-19/h3-10,16H,11-12H2,1-2H3,(H,21,24). The fourth-order valence-electron chi connectivity index (χ4n) is 2.60. The molecule has 1 amide bonds. The van der Waals surface area contributed by atoms with E-state index in [1.807, 2.05) is 50.5 Å². The molecule has 2 aromatic carbocycles. The minimum Gasteiger partial charge on any atom is -0.353 e. The normalized spacial score (nSPS) is 12.5. The number of thioether (sulfide) groups is 1. The van der Waals surface area contributed by atoms with Crippen LogP contribution in [0.25, 0.3) is 10.2 Å². The quantitative estimate of drug-likeness (QED) is 0.589. The van der Waals surface area contributed by atoms with Crippen molar-refractivity contribution >= 4 is 50.8 Å². The first-order valence-corrected chi connectivity index (χ1v) is 10.4. The van der Waals surface area contributed by atoms with Crippen LogP contribution in [-0.2, 0) is 4.79 Å². The number of likely N-dealkylation sites (N-methyl/N-ethyl adjacent to an activating group) is 1. The van der Waals surface area contributed by atoms with Gasteiger partial charge in [0.25, 0.3) is 0 Å². The zero-order chi connectivity index (χ0) is 18.5. The van der Waals surface area contributed by atoms with Crippen LogP contribution in [0.5, 0.6) is 0 Å². The molecule has 0 saturated carbocycles. The van der Waals surface area contributed by atoms with Gasteiger partial charge in [0, 0.05) is 11.6 Å². The average molecular weight is 406 g/mol. The van der Waals surface area contributed by atoms with Crippen LogP contribution in [0.3, 0.4) is 0 Å². The van der Waals surface area contributed by atoms with Crippen LogP contribution in [0.15, 0.2) is 52.9 Å². The van der Waals surface area contributed by atoms with Gasteiger partial charge >= 0.3 is 0 Å². The minimum absolute atomic E-state index is 0.00932. The highest BCUT2D eigenvalue weighted by molar-refractivity contribution is 8.01. The lowest BCUT2D eigenvalue weighted by molar-refractivity contribution is -0.118. The van der Waals surface area contributed by atoms with E-state index in [0.29, 0.717) is 17.3 Å².